The molecule has 0 unspecified atom stereocenters. The smallest absolute Gasteiger partial charge is 0.341 e. The van der Waals surface area contributed by atoms with Crippen LogP contribution in [0.25, 0.3) is 5.65 Å². The van der Waals surface area contributed by atoms with Crippen molar-refractivity contribution in [1.82, 2.24) is 14.6 Å². The third-order valence-corrected chi connectivity index (χ3v) is 1.89. The molecule has 0 spiro atoms. The van der Waals surface area contributed by atoms with Crippen LogP contribution >= 0.6 is 0 Å². The maximum atomic E-state index is 11.3. The Labute approximate surface area is 80.3 Å². The predicted octanol–water partition coefficient (Wildman–Crippen LogP) is 0.824. The van der Waals surface area contributed by atoms with Crippen LogP contribution in [0.2, 0.25) is 0 Å². The molecule has 0 amide bonds. The van der Waals surface area contributed by atoms with Gasteiger partial charge in [-0.2, -0.15) is 5.10 Å². The Morgan fingerprint density at radius 2 is 2.36 bits per heavy atom. The van der Waals surface area contributed by atoms with Gasteiger partial charge in [-0.05, 0) is 13.0 Å². The fraction of sp³-hybridized carbons (Fsp3) is 0.222. The van der Waals surface area contributed by atoms with Gasteiger partial charge < -0.3 is 4.74 Å². The monoisotopic (exact) mass is 191 g/mol. The Bertz CT molecular complexity index is 490. The third-order valence-electron chi connectivity index (χ3n) is 1.89. The number of hydrogen-bond acceptors (Lipinski definition) is 4. The molecule has 0 aliphatic carbocycles. The minimum absolute atomic E-state index is 0.400. The Balaban J connectivity index is 2.70. The van der Waals surface area contributed by atoms with E-state index in [1.54, 1.807) is 23.0 Å². The van der Waals surface area contributed by atoms with Gasteiger partial charge in [-0.15, -0.1) is 0 Å². The molecule has 0 saturated carbocycles. The van der Waals surface area contributed by atoms with Gasteiger partial charge in [0.05, 0.1) is 19.0 Å². The fourth-order valence-corrected chi connectivity index (χ4v) is 1.28. The molecule has 5 heteroatoms. The van der Waals surface area contributed by atoms with Gasteiger partial charge in [-0.3, -0.25) is 0 Å². The number of rotatable bonds is 1. The van der Waals surface area contributed by atoms with Crippen molar-refractivity contribution in [3.05, 3.63) is 29.7 Å². The standard InChI is InChI=1S/C9H9N3O2/c1-6-5-12-8(11-6)7(3-4-10-12)9(13)14-2/h3-5H,1-2H3. The molecule has 0 saturated heterocycles. The van der Waals surface area contributed by atoms with E-state index in [9.17, 15) is 4.79 Å². The van der Waals surface area contributed by atoms with E-state index in [4.69, 9.17) is 0 Å². The number of aromatic nitrogens is 3. The van der Waals surface area contributed by atoms with Crippen LogP contribution in [0, 0.1) is 6.92 Å². The lowest BCUT2D eigenvalue weighted by Crippen LogP contribution is -2.05. The lowest BCUT2D eigenvalue weighted by Gasteiger charge is -1.99. The Hall–Kier alpha value is -1.91. The third kappa shape index (κ3) is 1.22. The molecule has 2 aromatic rings. The summed E-state index contributed by atoms with van der Waals surface area (Å²) in [7, 11) is 1.34. The second-order valence-electron chi connectivity index (χ2n) is 2.89. The number of carbonyl (C=O) groups is 1. The first-order chi connectivity index (χ1) is 6.72. The van der Waals surface area contributed by atoms with Crippen molar-refractivity contribution in [2.75, 3.05) is 7.11 Å². The topological polar surface area (TPSA) is 56.5 Å². The zero-order chi connectivity index (χ0) is 10.1. The SMILES string of the molecule is COC(=O)c1ccnn2cc(C)nc12. The zero-order valence-electron chi connectivity index (χ0n) is 7.89. The molecule has 0 aliphatic heterocycles. The maximum Gasteiger partial charge on any atom is 0.341 e. The second-order valence-corrected chi connectivity index (χ2v) is 2.89. The Morgan fingerprint density at radius 1 is 1.57 bits per heavy atom. The highest BCUT2D eigenvalue weighted by Gasteiger charge is 2.12. The van der Waals surface area contributed by atoms with Crippen LogP contribution in [-0.2, 0) is 4.74 Å². The number of imidazole rings is 1. The molecular weight excluding hydrogens is 182 g/mol. The number of methoxy groups -OCH3 is 1. The highest BCUT2D eigenvalue weighted by atomic mass is 16.5. The van der Waals surface area contributed by atoms with Crippen LogP contribution in [0.5, 0.6) is 0 Å². The average molecular weight is 191 g/mol. The van der Waals surface area contributed by atoms with Gasteiger partial charge in [-0.25, -0.2) is 14.3 Å². The number of hydrogen-bond donors (Lipinski definition) is 0. The van der Waals surface area contributed by atoms with Gasteiger partial charge in [0, 0.05) is 6.20 Å². The van der Waals surface area contributed by atoms with Crippen LogP contribution in [0.15, 0.2) is 18.5 Å². The summed E-state index contributed by atoms with van der Waals surface area (Å²) in [6.07, 6.45) is 3.29. The molecule has 14 heavy (non-hydrogen) atoms. The molecule has 2 aromatic heterocycles. The molecular formula is C9H9N3O2. The lowest BCUT2D eigenvalue weighted by atomic mass is 10.3. The number of aryl methyl sites for hydroxylation is 1. The van der Waals surface area contributed by atoms with Crippen molar-refractivity contribution in [2.45, 2.75) is 6.92 Å². The van der Waals surface area contributed by atoms with Gasteiger partial charge in [-0.1, -0.05) is 0 Å². The van der Waals surface area contributed by atoms with Gasteiger partial charge in [0.2, 0.25) is 0 Å². The minimum Gasteiger partial charge on any atom is -0.465 e. The van der Waals surface area contributed by atoms with Gasteiger partial charge in [0.25, 0.3) is 0 Å². The van der Waals surface area contributed by atoms with Crippen LogP contribution in [0.4, 0.5) is 0 Å². The first kappa shape index (κ1) is 8.68. The molecule has 72 valence electrons. The molecule has 0 N–H and O–H groups in total. The summed E-state index contributed by atoms with van der Waals surface area (Å²) >= 11 is 0. The number of nitrogens with zero attached hydrogens (tertiary/aromatic N) is 3. The van der Waals surface area contributed by atoms with E-state index in [0.717, 1.165) is 5.69 Å². The molecule has 2 heterocycles. The zero-order valence-corrected chi connectivity index (χ0v) is 7.89. The van der Waals surface area contributed by atoms with Crippen LogP contribution < -0.4 is 0 Å². The Kier molecular flexibility index (Phi) is 1.92. The van der Waals surface area contributed by atoms with Crippen LogP contribution in [0.3, 0.4) is 0 Å². The average Bonchev–Trinajstić information content (AvgIpc) is 2.56. The normalized spacial score (nSPS) is 10.4. The Morgan fingerprint density at radius 3 is 3.07 bits per heavy atom. The van der Waals surface area contributed by atoms with E-state index in [1.165, 1.54) is 7.11 Å². The van der Waals surface area contributed by atoms with Gasteiger partial charge in [0.15, 0.2) is 5.65 Å². The van der Waals surface area contributed by atoms with Crippen molar-refractivity contribution in [2.24, 2.45) is 0 Å². The second kappa shape index (κ2) is 3.10. The highest BCUT2D eigenvalue weighted by Crippen LogP contribution is 2.09. The molecule has 0 radical (unpaired) electrons. The summed E-state index contributed by atoms with van der Waals surface area (Å²) < 4.78 is 6.19. The van der Waals surface area contributed by atoms with Crippen molar-refractivity contribution in [1.29, 1.82) is 0 Å². The molecule has 0 fully saturated rings. The summed E-state index contributed by atoms with van der Waals surface area (Å²) in [6.45, 7) is 1.84. The quantitative estimate of drug-likeness (QED) is 0.626. The van der Waals surface area contributed by atoms with E-state index >= 15 is 0 Å². The highest BCUT2D eigenvalue weighted by molar-refractivity contribution is 5.95. The van der Waals surface area contributed by atoms with Crippen LogP contribution in [-0.4, -0.2) is 27.7 Å². The van der Waals surface area contributed by atoms with E-state index in [-0.39, 0.29) is 0 Å². The molecule has 0 atom stereocenters. The number of ether oxygens (including phenoxy) is 1. The first-order valence-corrected chi connectivity index (χ1v) is 4.11. The first-order valence-electron chi connectivity index (χ1n) is 4.11. The number of fused-ring (bicyclic) bond motifs is 1. The van der Waals surface area contributed by atoms with Crippen molar-refractivity contribution >= 4 is 11.6 Å². The van der Waals surface area contributed by atoms with Crippen molar-refractivity contribution in [3.63, 3.8) is 0 Å². The summed E-state index contributed by atoms with van der Waals surface area (Å²) in [4.78, 5) is 15.5. The molecule has 0 aliphatic rings. The molecule has 0 aromatic carbocycles. The van der Waals surface area contributed by atoms with Gasteiger partial charge in [0.1, 0.15) is 5.56 Å². The van der Waals surface area contributed by atoms with Crippen molar-refractivity contribution < 1.29 is 9.53 Å². The van der Waals surface area contributed by atoms with Gasteiger partial charge >= 0.3 is 5.97 Å². The van der Waals surface area contributed by atoms with E-state index in [0.29, 0.717) is 11.2 Å². The van der Waals surface area contributed by atoms with E-state index in [2.05, 4.69) is 14.8 Å². The molecule has 5 nitrogen and oxygen atoms in total. The van der Waals surface area contributed by atoms with Crippen molar-refractivity contribution in [3.8, 4) is 0 Å². The number of carbonyl (C=O) groups excluding carboxylic acids is 1. The molecule has 2 rings (SSSR count). The number of esters is 1. The van der Waals surface area contributed by atoms with E-state index in [1.807, 2.05) is 6.92 Å². The summed E-state index contributed by atoms with van der Waals surface area (Å²) in [5, 5.41) is 4.03. The largest absolute Gasteiger partial charge is 0.465 e. The summed E-state index contributed by atoms with van der Waals surface area (Å²) in [5.74, 6) is -0.400. The maximum absolute atomic E-state index is 11.3. The fourth-order valence-electron chi connectivity index (χ4n) is 1.28. The van der Waals surface area contributed by atoms with E-state index < -0.39 is 5.97 Å². The predicted molar refractivity (Wildman–Crippen MR) is 49.1 cm³/mol. The summed E-state index contributed by atoms with van der Waals surface area (Å²) in [5.41, 5.74) is 1.77. The molecule has 0 bridgehead atoms. The lowest BCUT2D eigenvalue weighted by molar-refractivity contribution is 0.0602. The summed E-state index contributed by atoms with van der Waals surface area (Å²) in [6, 6.07) is 1.59. The minimum atomic E-state index is -0.400. The van der Waals surface area contributed by atoms with Crippen LogP contribution in [0.1, 0.15) is 16.1 Å².